The third-order valence-electron chi connectivity index (χ3n) is 4.09. The van der Waals surface area contributed by atoms with Crippen LogP contribution in [0.4, 0.5) is 0 Å². The monoisotopic (exact) mass is 261 g/mol. The molecule has 1 amide bonds. The summed E-state index contributed by atoms with van der Waals surface area (Å²) in [6, 6.07) is 7.81. The van der Waals surface area contributed by atoms with Gasteiger partial charge in [-0.05, 0) is 25.3 Å². The highest BCUT2D eigenvalue weighted by Gasteiger charge is 2.33. The number of ether oxygens (including phenoxy) is 1. The van der Waals surface area contributed by atoms with Crippen molar-refractivity contribution in [2.24, 2.45) is 5.92 Å². The number of carbonyl (C=O) groups is 1. The van der Waals surface area contributed by atoms with Crippen LogP contribution in [-0.2, 0) is 4.79 Å². The summed E-state index contributed by atoms with van der Waals surface area (Å²) in [7, 11) is 0. The molecule has 0 saturated heterocycles. The van der Waals surface area contributed by atoms with E-state index in [2.05, 4.69) is 5.32 Å². The van der Waals surface area contributed by atoms with Crippen LogP contribution in [0.15, 0.2) is 24.3 Å². The van der Waals surface area contributed by atoms with Gasteiger partial charge in [0.1, 0.15) is 5.75 Å². The van der Waals surface area contributed by atoms with Crippen LogP contribution in [0.3, 0.4) is 0 Å². The molecule has 2 aliphatic rings. The molecule has 2 N–H and O–H groups in total. The van der Waals surface area contributed by atoms with Gasteiger partial charge in [-0.3, -0.25) is 4.79 Å². The topological polar surface area (TPSA) is 58.6 Å². The highest BCUT2D eigenvalue weighted by Crippen LogP contribution is 2.33. The largest absolute Gasteiger partial charge is 0.493 e. The summed E-state index contributed by atoms with van der Waals surface area (Å²) in [4.78, 5) is 12.2. The molecule has 4 heteroatoms. The van der Waals surface area contributed by atoms with Crippen LogP contribution in [0.25, 0.3) is 0 Å². The fraction of sp³-hybridized carbons (Fsp3) is 0.533. The number of benzene rings is 1. The molecule has 19 heavy (non-hydrogen) atoms. The van der Waals surface area contributed by atoms with E-state index in [9.17, 15) is 9.90 Å². The Morgan fingerprint density at radius 2 is 2.11 bits per heavy atom. The van der Waals surface area contributed by atoms with Crippen LogP contribution < -0.4 is 10.1 Å². The standard InChI is InChI=1S/C15H19NO3/c17-13-6-3-5-11(13)15(18)16-12-8-9-19-14-7-2-1-4-10(12)14/h1-2,4,7,11-13,17H,3,5-6,8-9H2,(H,16,18). The number of fused-ring (bicyclic) bond motifs is 1. The quantitative estimate of drug-likeness (QED) is 0.853. The van der Waals surface area contributed by atoms with Crippen molar-refractivity contribution < 1.29 is 14.6 Å². The number of hydrogen-bond acceptors (Lipinski definition) is 3. The summed E-state index contributed by atoms with van der Waals surface area (Å²) in [5.74, 6) is 0.590. The molecule has 0 spiro atoms. The maximum absolute atomic E-state index is 12.2. The van der Waals surface area contributed by atoms with Gasteiger partial charge in [0, 0.05) is 12.0 Å². The number of aliphatic hydroxyl groups is 1. The lowest BCUT2D eigenvalue weighted by molar-refractivity contribution is -0.128. The highest BCUT2D eigenvalue weighted by molar-refractivity contribution is 5.80. The fourth-order valence-corrected chi connectivity index (χ4v) is 3.02. The van der Waals surface area contributed by atoms with Crippen molar-refractivity contribution in [3.63, 3.8) is 0 Å². The lowest BCUT2D eigenvalue weighted by Gasteiger charge is -2.28. The Kier molecular flexibility index (Phi) is 3.42. The zero-order valence-electron chi connectivity index (χ0n) is 10.8. The average Bonchev–Trinajstić information content (AvgIpc) is 2.85. The van der Waals surface area contributed by atoms with Gasteiger partial charge in [-0.1, -0.05) is 18.2 Å². The molecule has 102 valence electrons. The number of para-hydroxylation sites is 1. The molecule has 3 rings (SSSR count). The van der Waals surface area contributed by atoms with Crippen molar-refractivity contribution in [1.82, 2.24) is 5.32 Å². The molecule has 0 bridgehead atoms. The van der Waals surface area contributed by atoms with Crippen LogP contribution in [0.2, 0.25) is 0 Å². The second-order valence-electron chi connectivity index (χ2n) is 5.34. The molecular formula is C15H19NO3. The first-order valence-corrected chi connectivity index (χ1v) is 6.96. The molecule has 1 fully saturated rings. The molecule has 1 heterocycles. The van der Waals surface area contributed by atoms with Gasteiger partial charge in [0.15, 0.2) is 0 Å². The van der Waals surface area contributed by atoms with Gasteiger partial charge >= 0.3 is 0 Å². The molecular weight excluding hydrogens is 242 g/mol. The van der Waals surface area contributed by atoms with E-state index in [1.807, 2.05) is 24.3 Å². The number of carbonyl (C=O) groups excluding carboxylic acids is 1. The summed E-state index contributed by atoms with van der Waals surface area (Å²) < 4.78 is 5.58. The molecule has 3 unspecified atom stereocenters. The maximum atomic E-state index is 12.2. The summed E-state index contributed by atoms with van der Waals surface area (Å²) in [6.45, 7) is 0.620. The van der Waals surface area contributed by atoms with Crippen LogP contribution in [0, 0.1) is 5.92 Å². The summed E-state index contributed by atoms with van der Waals surface area (Å²) in [5.41, 5.74) is 1.04. The second kappa shape index (κ2) is 5.21. The molecule has 3 atom stereocenters. The van der Waals surface area contributed by atoms with Crippen LogP contribution in [0.5, 0.6) is 5.75 Å². The van der Waals surface area contributed by atoms with Crippen LogP contribution >= 0.6 is 0 Å². The van der Waals surface area contributed by atoms with Crippen molar-refractivity contribution in [2.75, 3.05) is 6.61 Å². The third kappa shape index (κ3) is 2.45. The number of amides is 1. The Balaban J connectivity index is 1.72. The SMILES string of the molecule is O=C(NC1CCOc2ccccc21)C1CCCC1O. The zero-order valence-corrected chi connectivity index (χ0v) is 10.8. The van der Waals surface area contributed by atoms with Gasteiger partial charge in [-0.15, -0.1) is 0 Å². The maximum Gasteiger partial charge on any atom is 0.226 e. The van der Waals surface area contributed by atoms with Crippen LogP contribution in [-0.4, -0.2) is 23.7 Å². The van der Waals surface area contributed by atoms with Crippen molar-refractivity contribution >= 4 is 5.91 Å². The van der Waals surface area contributed by atoms with Gasteiger partial charge in [0.25, 0.3) is 0 Å². The first-order chi connectivity index (χ1) is 9.25. The first-order valence-electron chi connectivity index (χ1n) is 6.96. The Hall–Kier alpha value is -1.55. The summed E-state index contributed by atoms with van der Waals surface area (Å²) in [5, 5.41) is 12.9. The molecule has 0 aromatic heterocycles. The molecule has 0 radical (unpaired) electrons. The summed E-state index contributed by atoms with van der Waals surface area (Å²) in [6.07, 6.45) is 2.77. The molecule has 4 nitrogen and oxygen atoms in total. The first kappa shape index (κ1) is 12.5. The molecule has 1 aliphatic heterocycles. The van der Waals surface area contributed by atoms with Gasteiger partial charge in [-0.2, -0.15) is 0 Å². The van der Waals surface area contributed by atoms with E-state index in [1.165, 1.54) is 0 Å². The predicted molar refractivity (Wildman–Crippen MR) is 70.8 cm³/mol. The number of rotatable bonds is 2. The minimum Gasteiger partial charge on any atom is -0.493 e. The Labute approximate surface area is 112 Å². The Bertz CT molecular complexity index is 474. The zero-order chi connectivity index (χ0) is 13.2. The normalized spacial score (nSPS) is 29.4. The van der Waals surface area contributed by atoms with Gasteiger partial charge in [0.2, 0.25) is 5.91 Å². The van der Waals surface area contributed by atoms with E-state index in [-0.39, 0.29) is 17.9 Å². The van der Waals surface area contributed by atoms with Crippen molar-refractivity contribution in [1.29, 1.82) is 0 Å². The number of nitrogens with one attached hydrogen (secondary N) is 1. The lowest BCUT2D eigenvalue weighted by atomic mass is 9.98. The fourth-order valence-electron chi connectivity index (χ4n) is 3.02. The number of hydrogen-bond donors (Lipinski definition) is 2. The van der Waals surface area contributed by atoms with Gasteiger partial charge in [0.05, 0.1) is 24.7 Å². The third-order valence-corrected chi connectivity index (χ3v) is 4.09. The van der Waals surface area contributed by atoms with Gasteiger partial charge < -0.3 is 15.2 Å². The molecule has 1 aromatic carbocycles. The molecule has 1 aliphatic carbocycles. The van der Waals surface area contributed by atoms with E-state index in [0.29, 0.717) is 6.61 Å². The van der Waals surface area contributed by atoms with Crippen molar-refractivity contribution in [3.8, 4) is 5.75 Å². The lowest BCUT2D eigenvalue weighted by Crippen LogP contribution is -2.38. The van der Waals surface area contributed by atoms with E-state index in [4.69, 9.17) is 4.74 Å². The molecule has 1 saturated carbocycles. The molecule has 1 aromatic rings. The minimum absolute atomic E-state index is 0.00486. The summed E-state index contributed by atoms with van der Waals surface area (Å²) >= 11 is 0. The van der Waals surface area contributed by atoms with E-state index < -0.39 is 6.10 Å². The van der Waals surface area contributed by atoms with Crippen molar-refractivity contribution in [2.45, 2.75) is 37.8 Å². The number of aliphatic hydroxyl groups excluding tert-OH is 1. The van der Waals surface area contributed by atoms with E-state index in [0.717, 1.165) is 37.0 Å². The van der Waals surface area contributed by atoms with Crippen LogP contribution in [0.1, 0.15) is 37.3 Å². The minimum atomic E-state index is -0.477. The highest BCUT2D eigenvalue weighted by atomic mass is 16.5. The Morgan fingerprint density at radius 3 is 2.89 bits per heavy atom. The smallest absolute Gasteiger partial charge is 0.226 e. The Morgan fingerprint density at radius 1 is 1.26 bits per heavy atom. The van der Waals surface area contributed by atoms with E-state index >= 15 is 0 Å². The predicted octanol–water partition coefficient (Wildman–Crippen LogP) is 1.79. The van der Waals surface area contributed by atoms with E-state index in [1.54, 1.807) is 0 Å². The van der Waals surface area contributed by atoms with Crippen molar-refractivity contribution in [3.05, 3.63) is 29.8 Å². The second-order valence-corrected chi connectivity index (χ2v) is 5.34. The van der Waals surface area contributed by atoms with Gasteiger partial charge in [-0.25, -0.2) is 0 Å². The average molecular weight is 261 g/mol.